The number of ether oxygens (including phenoxy) is 7. The Morgan fingerprint density at radius 2 is 1.27 bits per heavy atom. The lowest BCUT2D eigenvalue weighted by Gasteiger charge is -2.45. The summed E-state index contributed by atoms with van der Waals surface area (Å²) < 4.78 is 39.3. The number of nitrogens with zero attached hydrogens (tertiary/aromatic N) is 4. The third kappa shape index (κ3) is 20.4. The highest BCUT2D eigenvalue weighted by Gasteiger charge is 2.57. The first-order valence-electron chi connectivity index (χ1n) is 24.7. The Morgan fingerprint density at radius 1 is 0.805 bits per heavy atom. The topological polar surface area (TPSA) is 223 Å². The zero-order valence-corrected chi connectivity index (χ0v) is 50.8. The molecule has 2 aromatic rings. The summed E-state index contributed by atoms with van der Waals surface area (Å²) in [6.07, 6.45) is 1.47. The molecule has 0 bridgehead atoms. The quantitative estimate of drug-likeness (QED) is 0.0843. The first-order valence-corrected chi connectivity index (χ1v) is 28.6. The Kier molecular flexibility index (Phi) is 25.1. The van der Waals surface area contributed by atoms with Crippen LogP contribution < -0.4 is 11.1 Å². The fraction of sp³-hybridized carbons (Fsp3) is 0.635. The summed E-state index contributed by atoms with van der Waals surface area (Å²) in [6.45, 7) is 21.4. The van der Waals surface area contributed by atoms with Crippen molar-refractivity contribution in [3.63, 3.8) is 0 Å². The van der Waals surface area contributed by atoms with Gasteiger partial charge in [-0.3, -0.25) is 14.4 Å². The second kappa shape index (κ2) is 28.9. The second-order valence-electron chi connectivity index (χ2n) is 21.8. The summed E-state index contributed by atoms with van der Waals surface area (Å²) in [5.41, 5.74) is 7.31. The molecule has 0 spiro atoms. The van der Waals surface area contributed by atoms with Crippen molar-refractivity contribution >= 4 is 106 Å². The van der Waals surface area contributed by atoms with Gasteiger partial charge in [-0.1, -0.05) is 112 Å². The van der Waals surface area contributed by atoms with Gasteiger partial charge in [-0.05, 0) is 73.9 Å². The number of aromatic nitrogens is 2. The van der Waals surface area contributed by atoms with E-state index in [-0.39, 0.29) is 58.0 Å². The van der Waals surface area contributed by atoms with E-state index in [0.717, 1.165) is 16.9 Å². The van der Waals surface area contributed by atoms with Crippen molar-refractivity contribution in [3.8, 4) is 0 Å². The lowest BCUT2D eigenvalue weighted by atomic mass is 9.93. The van der Waals surface area contributed by atoms with Crippen LogP contribution in [0, 0.1) is 17.9 Å². The molecule has 2 aromatic heterocycles. The number of fused-ring (bicyclic) bond motifs is 1. The van der Waals surface area contributed by atoms with Crippen LogP contribution in [-0.2, 0) is 65.4 Å². The maximum Gasteiger partial charge on any atom is 0.343 e. The van der Waals surface area contributed by atoms with E-state index in [9.17, 15) is 24.3 Å². The Labute approximate surface area is 487 Å². The summed E-state index contributed by atoms with van der Waals surface area (Å²) in [5.74, 6) is -0.477. The number of halogens is 5. The number of carbonyl (C=O) groups is 4. The molecule has 0 radical (unpaired) electrons. The molecule has 0 saturated carbocycles. The zero-order chi connectivity index (χ0) is 56.5. The fourth-order valence-corrected chi connectivity index (χ4v) is 11.4. The Morgan fingerprint density at radius 3 is 1.77 bits per heavy atom. The highest BCUT2D eigenvalue weighted by Crippen LogP contribution is 2.37. The van der Waals surface area contributed by atoms with Crippen LogP contribution in [0.3, 0.4) is 0 Å². The SMILES string of the molecule is CO[C@@H](C(=O)NC1CSCCN(Cc2cc(Cl)nc(Cl)c2)C1=O)[C@@H]1OC(C)(C)O[C@H](/C=C/C(C)(C)C)[C@@H]1O.Cl.NC1CSCCN(Cc2cc(Cl)nc(Cl)c2)C1=O.[CH2+]O[C@H]1C(=O)O[C@@H]2[C@H]1OC(C)(C)O[C@@H]2/C=C/C(C)(C)C. The predicted octanol–water partition coefficient (Wildman–Crippen LogP) is 7.87. The van der Waals surface area contributed by atoms with Crippen molar-refractivity contribution in [2.45, 2.75) is 155 Å². The molecule has 3 amide bonds. The monoisotopic (exact) mass is 1210 g/mol. The fourth-order valence-electron chi connectivity index (χ4n) is 8.48. The van der Waals surface area contributed by atoms with Crippen molar-refractivity contribution in [1.29, 1.82) is 0 Å². The second-order valence-corrected chi connectivity index (χ2v) is 25.6. The zero-order valence-electron chi connectivity index (χ0n) is 45.3. The average Bonchev–Trinajstić information content (AvgIpc) is 3.40. The number of pyridine rings is 2. The number of esters is 1. The van der Waals surface area contributed by atoms with Gasteiger partial charge in [0.15, 0.2) is 23.8 Å². The first-order chi connectivity index (χ1) is 35.4. The van der Waals surface area contributed by atoms with Crippen LogP contribution in [0.5, 0.6) is 0 Å². The summed E-state index contributed by atoms with van der Waals surface area (Å²) in [6, 6.07) is 5.52. The van der Waals surface area contributed by atoms with Gasteiger partial charge in [0.25, 0.3) is 5.91 Å². The summed E-state index contributed by atoms with van der Waals surface area (Å²) >= 11 is 27.0. The van der Waals surface area contributed by atoms with Crippen LogP contribution in [0.1, 0.15) is 80.4 Å². The lowest BCUT2D eigenvalue weighted by molar-refractivity contribution is -0.334. The molecule has 0 aromatic carbocycles. The molecule has 77 heavy (non-hydrogen) atoms. The number of allylic oxidation sites excluding steroid dienone is 2. The van der Waals surface area contributed by atoms with Crippen LogP contribution in [0.15, 0.2) is 48.6 Å². The molecule has 7 rings (SSSR count). The Bertz CT molecular complexity index is 2360. The van der Waals surface area contributed by atoms with Crippen LogP contribution >= 0.6 is 82.3 Å². The van der Waals surface area contributed by atoms with E-state index in [0.29, 0.717) is 47.2 Å². The Hall–Kier alpha value is -2.64. The summed E-state index contributed by atoms with van der Waals surface area (Å²) in [7, 11) is 4.70. The van der Waals surface area contributed by atoms with Gasteiger partial charge < -0.3 is 54.4 Å². The maximum atomic E-state index is 13.4. The minimum absolute atomic E-state index is 0. The largest absolute Gasteiger partial charge is 0.454 e. The smallest absolute Gasteiger partial charge is 0.343 e. The number of nitrogens with two attached hydrogens (primary N) is 1. The molecular formula is C52H74Cl5N6O12S2+. The number of rotatable bonds is 11. The van der Waals surface area contributed by atoms with Crippen LogP contribution in [0.2, 0.25) is 20.6 Å². The third-order valence-electron chi connectivity index (χ3n) is 11.9. The lowest BCUT2D eigenvalue weighted by Crippen LogP contribution is -2.62. The number of hydrogen-bond acceptors (Lipinski definition) is 17. The van der Waals surface area contributed by atoms with E-state index < -0.39 is 78.3 Å². The highest BCUT2D eigenvalue weighted by atomic mass is 35.5. The van der Waals surface area contributed by atoms with Crippen molar-refractivity contribution in [2.24, 2.45) is 16.6 Å². The van der Waals surface area contributed by atoms with Gasteiger partial charge in [0.2, 0.25) is 25.0 Å². The molecule has 430 valence electrons. The number of aliphatic hydroxyl groups is 1. The predicted molar refractivity (Wildman–Crippen MR) is 303 cm³/mol. The normalized spacial score (nSPS) is 28.0. The summed E-state index contributed by atoms with van der Waals surface area (Å²) in [5, 5.41) is 15.1. The van der Waals surface area contributed by atoms with Crippen LogP contribution in [0.4, 0.5) is 0 Å². The van der Waals surface area contributed by atoms with Gasteiger partial charge in [-0.25, -0.2) is 14.8 Å². The molecule has 0 aliphatic carbocycles. The molecule has 5 fully saturated rings. The van der Waals surface area contributed by atoms with E-state index in [1.807, 2.05) is 52.8 Å². The number of amides is 3. The molecule has 18 nitrogen and oxygen atoms in total. The minimum atomic E-state index is -1.17. The van der Waals surface area contributed by atoms with E-state index in [2.05, 4.69) is 43.2 Å². The van der Waals surface area contributed by atoms with Crippen molar-refractivity contribution in [1.82, 2.24) is 25.1 Å². The number of hydrogen-bond donors (Lipinski definition) is 3. The Balaban J connectivity index is 0.000000275. The first kappa shape index (κ1) is 66.9. The van der Waals surface area contributed by atoms with E-state index in [1.54, 1.807) is 77.5 Å². The molecule has 5 aliphatic rings. The number of aliphatic hydroxyl groups excluding tert-OH is 1. The van der Waals surface area contributed by atoms with E-state index >= 15 is 0 Å². The molecule has 4 N–H and O–H groups in total. The number of nitrogens with one attached hydrogen (secondary N) is 1. The number of thioether (sulfide) groups is 2. The van der Waals surface area contributed by atoms with E-state index in [4.69, 9.17) is 85.3 Å². The average molecular weight is 1220 g/mol. The molecular weight excluding hydrogens is 1140 g/mol. The highest BCUT2D eigenvalue weighted by molar-refractivity contribution is 7.99. The van der Waals surface area contributed by atoms with E-state index in [1.165, 1.54) is 7.11 Å². The van der Waals surface area contributed by atoms with Gasteiger partial charge in [-0.15, -0.1) is 12.4 Å². The van der Waals surface area contributed by atoms with Crippen molar-refractivity contribution in [3.05, 3.63) is 87.4 Å². The van der Waals surface area contributed by atoms with Gasteiger partial charge >= 0.3 is 5.97 Å². The van der Waals surface area contributed by atoms with Crippen LogP contribution in [0.25, 0.3) is 0 Å². The standard InChI is InChI=1S/C26H37Cl2N3O6S.C15H23O5.C11H13Cl2N3OS.ClH/c1-25(2,3)8-7-17-20(32)21(37-26(4,5)36-17)22(35-6)23(33)29-16-14-38-10-9-31(24(16)34)13-15-11-18(27)30-19(28)12-15;1-14(2,3)8-7-9-10-11(20-15(4,5)19-9)12(17-6)13(16)18-10;12-9-3-7(4-10(13)15-9)5-16-1-2-18-6-8(14)11(16)17;/h7-8,11-12,16-17,20-22,32H,9-10,13-14H2,1-6H3,(H,29,33);7-12H,6H2,1-5H3;3-4,8H,1-2,5-6,14H2;1H/q;+1;;/b2*8-7+;;/t16?,17-,20+,21-,22-;9-,10+,11-,12-;;/m11../s1. The van der Waals surface area contributed by atoms with Gasteiger partial charge in [-0.2, -0.15) is 28.3 Å². The van der Waals surface area contributed by atoms with Gasteiger partial charge in [0.1, 0.15) is 57.2 Å². The molecule has 10 atom stereocenters. The summed E-state index contributed by atoms with van der Waals surface area (Å²) in [4.78, 5) is 61.9. The number of carbonyl (C=O) groups excluding carboxylic acids is 4. The maximum absolute atomic E-state index is 13.4. The van der Waals surface area contributed by atoms with Crippen molar-refractivity contribution in [2.75, 3.05) is 43.2 Å². The molecule has 5 aliphatic heterocycles. The van der Waals surface area contributed by atoms with Crippen LogP contribution in [-0.4, -0.2) is 164 Å². The minimum Gasteiger partial charge on any atom is -0.454 e. The van der Waals surface area contributed by atoms with Crippen molar-refractivity contribution < 1.29 is 57.4 Å². The molecule has 5 saturated heterocycles. The van der Waals surface area contributed by atoms with Gasteiger partial charge in [0.05, 0.1) is 6.04 Å². The molecule has 7 heterocycles. The molecule has 25 heteroatoms. The molecule has 2 unspecified atom stereocenters. The van der Waals surface area contributed by atoms with Gasteiger partial charge in [0, 0.05) is 56.3 Å². The number of methoxy groups -OCH3 is 1. The third-order valence-corrected chi connectivity index (χ3v) is 14.8.